The van der Waals surface area contributed by atoms with Crippen LogP contribution in [0.2, 0.25) is 0 Å². The van der Waals surface area contributed by atoms with Gasteiger partial charge in [-0.1, -0.05) is 176 Å². The fraction of sp³-hybridized carbons (Fsp3) is 0. The van der Waals surface area contributed by atoms with E-state index in [4.69, 9.17) is 18.8 Å². The summed E-state index contributed by atoms with van der Waals surface area (Å²) in [6, 6.07) is 90.5. The standard InChI is InChI=1S/C70H42N4O2/c1-2-15-43(16-3-1)50-19-4-5-20-51(50)61-42-60(71-70(72-61)74-63-26-11-7-22-53(63)55-34-30-47(41-65(55)74)45-32-36-69-59(39-45)57-24-9-13-28-67(57)76-69)48-17-14-18-49(37-48)73-62-25-10-6-21-52(62)54-33-29-46(40-64(54)73)44-31-35-68-58(38-44)56-23-8-12-27-66(56)75-68/h1-42H. The maximum absolute atomic E-state index is 6.25. The summed E-state index contributed by atoms with van der Waals surface area (Å²) >= 11 is 0. The van der Waals surface area contributed by atoms with Crippen LogP contribution in [0.4, 0.5) is 0 Å². The molecule has 0 aliphatic rings. The zero-order chi connectivity index (χ0) is 49.8. The van der Waals surface area contributed by atoms with Crippen LogP contribution in [0.3, 0.4) is 0 Å². The number of aromatic nitrogens is 4. The largest absolute Gasteiger partial charge is 0.456 e. The maximum atomic E-state index is 6.25. The van der Waals surface area contributed by atoms with Gasteiger partial charge in [0.25, 0.3) is 0 Å². The highest BCUT2D eigenvalue weighted by Gasteiger charge is 2.21. The Hall–Kier alpha value is -10.3. The van der Waals surface area contributed by atoms with E-state index in [-0.39, 0.29) is 0 Å². The number of para-hydroxylation sites is 4. The van der Waals surface area contributed by atoms with Crippen LogP contribution >= 0.6 is 0 Å². The molecule has 0 saturated heterocycles. The Morgan fingerprint density at radius 2 is 0.711 bits per heavy atom. The molecule has 6 heteroatoms. The van der Waals surface area contributed by atoms with Crippen LogP contribution in [-0.4, -0.2) is 19.1 Å². The summed E-state index contributed by atoms with van der Waals surface area (Å²) in [7, 11) is 0. The second kappa shape index (κ2) is 16.6. The lowest BCUT2D eigenvalue weighted by molar-refractivity contribution is 0.668. The molecule has 11 aromatic carbocycles. The normalized spacial score (nSPS) is 11.9. The number of furan rings is 2. The van der Waals surface area contributed by atoms with E-state index in [0.717, 1.165) is 138 Å². The topological polar surface area (TPSA) is 61.9 Å². The molecule has 0 saturated carbocycles. The molecule has 0 spiro atoms. The van der Waals surface area contributed by atoms with Gasteiger partial charge in [-0.15, -0.1) is 0 Å². The van der Waals surface area contributed by atoms with Gasteiger partial charge in [-0.05, 0) is 112 Å². The predicted octanol–water partition coefficient (Wildman–Crippen LogP) is 18.8. The molecule has 6 nitrogen and oxygen atoms in total. The summed E-state index contributed by atoms with van der Waals surface area (Å²) in [5.41, 5.74) is 19.2. The first kappa shape index (κ1) is 42.2. The van der Waals surface area contributed by atoms with Gasteiger partial charge in [-0.3, -0.25) is 4.57 Å². The first-order valence-corrected chi connectivity index (χ1v) is 25.7. The van der Waals surface area contributed by atoms with Crippen LogP contribution in [0, 0.1) is 0 Å². The van der Waals surface area contributed by atoms with Crippen LogP contribution in [0.1, 0.15) is 0 Å². The van der Waals surface area contributed by atoms with E-state index in [1.54, 1.807) is 0 Å². The van der Waals surface area contributed by atoms with E-state index in [0.29, 0.717) is 5.95 Å². The number of hydrogen-bond donors (Lipinski definition) is 0. The van der Waals surface area contributed by atoms with E-state index in [2.05, 4.69) is 240 Å². The van der Waals surface area contributed by atoms with Crippen molar-refractivity contribution in [3.8, 4) is 67.5 Å². The van der Waals surface area contributed by atoms with Crippen molar-refractivity contribution in [1.82, 2.24) is 19.1 Å². The lowest BCUT2D eigenvalue weighted by atomic mass is 9.97. The van der Waals surface area contributed by atoms with Crippen molar-refractivity contribution in [2.45, 2.75) is 0 Å². The van der Waals surface area contributed by atoms with Crippen molar-refractivity contribution in [2.24, 2.45) is 0 Å². The highest BCUT2D eigenvalue weighted by atomic mass is 16.3. The number of fused-ring (bicyclic) bond motifs is 12. The molecule has 0 fully saturated rings. The lowest BCUT2D eigenvalue weighted by Gasteiger charge is -2.15. The number of benzene rings is 11. The van der Waals surface area contributed by atoms with E-state index >= 15 is 0 Å². The minimum absolute atomic E-state index is 0.587. The fourth-order valence-corrected chi connectivity index (χ4v) is 11.8. The van der Waals surface area contributed by atoms with Crippen LogP contribution in [0.5, 0.6) is 0 Å². The third kappa shape index (κ3) is 6.61. The predicted molar refractivity (Wildman–Crippen MR) is 312 cm³/mol. The first-order chi connectivity index (χ1) is 37.6. The van der Waals surface area contributed by atoms with Gasteiger partial charge in [0.15, 0.2) is 0 Å². The van der Waals surface area contributed by atoms with E-state index in [1.165, 1.54) is 10.8 Å². The van der Waals surface area contributed by atoms with Crippen molar-refractivity contribution < 1.29 is 8.83 Å². The Labute approximate surface area is 435 Å². The van der Waals surface area contributed by atoms with Crippen LogP contribution in [-0.2, 0) is 0 Å². The monoisotopic (exact) mass is 970 g/mol. The summed E-state index contributed by atoms with van der Waals surface area (Å²) in [5.74, 6) is 0.587. The minimum Gasteiger partial charge on any atom is -0.456 e. The molecule has 5 aromatic heterocycles. The quantitative estimate of drug-likeness (QED) is 0.160. The molecule has 0 unspecified atom stereocenters. The fourth-order valence-electron chi connectivity index (χ4n) is 11.8. The SMILES string of the molecule is c1ccc(-c2ccccc2-c2cc(-c3cccc(-n4c5ccccc5c5ccc(-c6ccc7oc8ccccc8c7c6)cc54)c3)nc(-n3c4ccccc4c4ccc(-c5ccc6oc7ccccc7c6c5)cc43)n2)cc1. The first-order valence-electron chi connectivity index (χ1n) is 25.7. The molecule has 16 rings (SSSR count). The summed E-state index contributed by atoms with van der Waals surface area (Å²) in [6.45, 7) is 0. The molecule has 0 amide bonds. The molecule has 76 heavy (non-hydrogen) atoms. The molecule has 5 heterocycles. The number of hydrogen-bond acceptors (Lipinski definition) is 4. The Bertz CT molecular complexity index is 5010. The van der Waals surface area contributed by atoms with Gasteiger partial charge in [-0.25, -0.2) is 9.97 Å². The van der Waals surface area contributed by atoms with Gasteiger partial charge in [0, 0.05) is 59.9 Å². The Morgan fingerprint density at radius 1 is 0.250 bits per heavy atom. The molecule has 16 aromatic rings. The van der Waals surface area contributed by atoms with E-state index < -0.39 is 0 Å². The van der Waals surface area contributed by atoms with Gasteiger partial charge in [0.05, 0.1) is 33.5 Å². The Kier molecular flexibility index (Phi) is 9.23. The van der Waals surface area contributed by atoms with Crippen molar-refractivity contribution in [1.29, 1.82) is 0 Å². The highest BCUT2D eigenvalue weighted by molar-refractivity contribution is 6.13. The molecule has 0 N–H and O–H groups in total. The smallest absolute Gasteiger partial charge is 0.235 e. The van der Waals surface area contributed by atoms with Gasteiger partial charge >= 0.3 is 0 Å². The van der Waals surface area contributed by atoms with Crippen molar-refractivity contribution >= 4 is 87.5 Å². The van der Waals surface area contributed by atoms with Gasteiger partial charge in [0.2, 0.25) is 5.95 Å². The zero-order valence-corrected chi connectivity index (χ0v) is 40.9. The molecule has 354 valence electrons. The van der Waals surface area contributed by atoms with Crippen molar-refractivity contribution in [2.75, 3.05) is 0 Å². The molecule has 0 radical (unpaired) electrons. The number of nitrogens with zero attached hydrogens (tertiary/aromatic N) is 4. The summed E-state index contributed by atoms with van der Waals surface area (Å²) in [4.78, 5) is 11.2. The van der Waals surface area contributed by atoms with Crippen molar-refractivity contribution in [3.05, 3.63) is 255 Å². The highest BCUT2D eigenvalue weighted by Crippen LogP contribution is 2.41. The Morgan fingerprint density at radius 3 is 1.36 bits per heavy atom. The molecular weight excluding hydrogens is 929 g/mol. The van der Waals surface area contributed by atoms with Crippen LogP contribution in [0.15, 0.2) is 264 Å². The second-order valence-electron chi connectivity index (χ2n) is 19.7. The summed E-state index contributed by atoms with van der Waals surface area (Å²) in [6.07, 6.45) is 0. The van der Waals surface area contributed by atoms with Gasteiger partial charge in [-0.2, -0.15) is 0 Å². The average molecular weight is 971 g/mol. The van der Waals surface area contributed by atoms with Crippen molar-refractivity contribution in [3.63, 3.8) is 0 Å². The lowest BCUT2D eigenvalue weighted by Crippen LogP contribution is -2.04. The summed E-state index contributed by atoms with van der Waals surface area (Å²) in [5, 5.41) is 9.06. The molecular formula is C70H42N4O2. The minimum atomic E-state index is 0.587. The molecule has 0 aliphatic heterocycles. The van der Waals surface area contributed by atoms with Gasteiger partial charge < -0.3 is 13.4 Å². The number of rotatable bonds is 7. The third-order valence-corrected chi connectivity index (χ3v) is 15.4. The summed E-state index contributed by atoms with van der Waals surface area (Å²) < 4.78 is 17.1. The molecule has 0 aliphatic carbocycles. The van der Waals surface area contributed by atoms with Gasteiger partial charge in [0.1, 0.15) is 22.3 Å². The Balaban J connectivity index is 0.899. The zero-order valence-electron chi connectivity index (χ0n) is 40.9. The molecule has 0 atom stereocenters. The third-order valence-electron chi connectivity index (χ3n) is 15.4. The van der Waals surface area contributed by atoms with Crippen LogP contribution in [0.25, 0.3) is 155 Å². The second-order valence-corrected chi connectivity index (χ2v) is 19.7. The molecule has 0 bridgehead atoms. The van der Waals surface area contributed by atoms with E-state index in [9.17, 15) is 0 Å². The average Bonchev–Trinajstić information content (AvgIpc) is 4.30. The maximum Gasteiger partial charge on any atom is 0.235 e. The van der Waals surface area contributed by atoms with E-state index in [1.807, 2.05) is 24.3 Å². The van der Waals surface area contributed by atoms with Crippen LogP contribution < -0.4 is 0 Å².